The second-order valence-corrected chi connectivity index (χ2v) is 11.0. The third-order valence-corrected chi connectivity index (χ3v) is 8.31. The number of carboxylic acid groups (broad SMARTS) is 1. The summed E-state index contributed by atoms with van der Waals surface area (Å²) in [6.07, 6.45) is 2.77. The highest BCUT2D eigenvalue weighted by molar-refractivity contribution is 6.30. The largest absolute Gasteiger partial charge is 0.478 e. The predicted molar refractivity (Wildman–Crippen MR) is 160 cm³/mol. The van der Waals surface area contributed by atoms with Crippen LogP contribution >= 0.6 is 11.6 Å². The molecule has 226 valence electrons. The first-order chi connectivity index (χ1) is 21.2. The molecule has 6 rings (SSSR count). The highest BCUT2D eigenvalue weighted by Crippen LogP contribution is 2.38. The van der Waals surface area contributed by atoms with Crippen molar-refractivity contribution >= 4 is 40.8 Å². The van der Waals surface area contributed by atoms with E-state index in [0.29, 0.717) is 24.2 Å². The molecule has 0 aliphatic carbocycles. The molecule has 44 heavy (non-hydrogen) atoms. The van der Waals surface area contributed by atoms with Gasteiger partial charge >= 0.3 is 5.97 Å². The van der Waals surface area contributed by atoms with Crippen LogP contribution in [-0.4, -0.2) is 75.6 Å². The summed E-state index contributed by atoms with van der Waals surface area (Å²) in [5.74, 6) is -2.83. The number of fused-ring (bicyclic) bond motifs is 1. The Bertz CT molecular complexity index is 1750. The van der Waals surface area contributed by atoms with E-state index in [2.05, 4.69) is 20.5 Å². The Morgan fingerprint density at radius 2 is 1.80 bits per heavy atom. The summed E-state index contributed by atoms with van der Waals surface area (Å²) < 4.78 is 21.3. The van der Waals surface area contributed by atoms with Gasteiger partial charge in [0.15, 0.2) is 11.5 Å². The normalized spacial score (nSPS) is 17.8. The molecule has 4 aromatic rings. The number of aromatic nitrogens is 3. The molecule has 3 aromatic carbocycles. The van der Waals surface area contributed by atoms with Crippen molar-refractivity contribution in [1.29, 1.82) is 0 Å². The number of carboxylic acids is 1. The number of hydrogen-bond acceptors (Lipinski definition) is 7. The van der Waals surface area contributed by atoms with E-state index in [9.17, 15) is 23.9 Å². The zero-order valence-electron chi connectivity index (χ0n) is 23.6. The summed E-state index contributed by atoms with van der Waals surface area (Å²) >= 11 is 5.93. The predicted octanol–water partition coefficient (Wildman–Crippen LogP) is 4.36. The van der Waals surface area contributed by atoms with E-state index in [-0.39, 0.29) is 34.6 Å². The van der Waals surface area contributed by atoms with Crippen LogP contribution in [0.2, 0.25) is 5.02 Å². The number of methoxy groups -OCH3 is 1. The molecule has 11 nitrogen and oxygen atoms in total. The fourth-order valence-corrected chi connectivity index (χ4v) is 5.96. The highest BCUT2D eigenvalue weighted by Gasteiger charge is 2.39. The number of halogens is 2. The second kappa shape index (κ2) is 12.1. The van der Waals surface area contributed by atoms with Crippen molar-refractivity contribution in [2.24, 2.45) is 0 Å². The van der Waals surface area contributed by atoms with Crippen molar-refractivity contribution in [3.63, 3.8) is 0 Å². The van der Waals surface area contributed by atoms with Gasteiger partial charge in [-0.1, -0.05) is 35.0 Å². The van der Waals surface area contributed by atoms with E-state index >= 15 is 0 Å². The van der Waals surface area contributed by atoms with Crippen LogP contribution in [0.3, 0.4) is 0 Å². The Hall–Kier alpha value is -4.81. The number of carbonyl (C=O) groups excluding carboxylic acids is 2. The number of nitrogens with one attached hydrogen (secondary N) is 1. The summed E-state index contributed by atoms with van der Waals surface area (Å²) in [7, 11) is 1.69. The number of hydrogen-bond donors (Lipinski definition) is 2. The lowest BCUT2D eigenvalue weighted by Gasteiger charge is -2.38. The molecule has 1 fully saturated rings. The van der Waals surface area contributed by atoms with Crippen molar-refractivity contribution in [3.8, 4) is 5.69 Å². The van der Waals surface area contributed by atoms with Crippen LogP contribution < -0.4 is 10.2 Å². The van der Waals surface area contributed by atoms with Gasteiger partial charge < -0.3 is 25.0 Å². The molecule has 2 N–H and O–H groups in total. The molecule has 2 atom stereocenters. The van der Waals surface area contributed by atoms with Crippen molar-refractivity contribution < 1.29 is 28.6 Å². The van der Waals surface area contributed by atoms with E-state index in [4.69, 9.17) is 16.3 Å². The molecule has 2 aliphatic rings. The number of amides is 2. The minimum absolute atomic E-state index is 0.0248. The first kappa shape index (κ1) is 29.3. The fourth-order valence-electron chi connectivity index (χ4n) is 5.79. The topological polar surface area (TPSA) is 130 Å². The number of carbonyl (C=O) groups is 3. The van der Waals surface area contributed by atoms with Crippen LogP contribution in [0.1, 0.15) is 44.4 Å². The molecule has 0 spiro atoms. The highest BCUT2D eigenvalue weighted by atomic mass is 35.5. The SMILES string of the molecule is COC1CCN(c2cccc3c2CCN(C(=O)c2cn(-c4cccc(Cl)c4F)nn2)C3C(=O)Nc2ccc(C(=O)O)cc2)C1. The van der Waals surface area contributed by atoms with Gasteiger partial charge in [-0.3, -0.25) is 9.59 Å². The number of benzene rings is 3. The second-order valence-electron chi connectivity index (χ2n) is 10.6. The molecule has 3 heterocycles. The molecule has 2 aliphatic heterocycles. The molecule has 13 heteroatoms. The maximum absolute atomic E-state index is 14.7. The summed E-state index contributed by atoms with van der Waals surface area (Å²) in [4.78, 5) is 42.9. The van der Waals surface area contributed by atoms with Crippen molar-refractivity contribution in [1.82, 2.24) is 19.9 Å². The Morgan fingerprint density at radius 3 is 2.52 bits per heavy atom. The summed E-state index contributed by atoms with van der Waals surface area (Å²) in [5, 5.41) is 19.9. The minimum Gasteiger partial charge on any atom is -0.478 e. The third kappa shape index (κ3) is 5.49. The fraction of sp³-hybridized carbons (Fsp3) is 0.258. The van der Waals surface area contributed by atoms with Crippen LogP contribution in [0.4, 0.5) is 15.8 Å². The number of anilines is 2. The van der Waals surface area contributed by atoms with Crippen LogP contribution in [0, 0.1) is 5.82 Å². The zero-order chi connectivity index (χ0) is 31.0. The third-order valence-electron chi connectivity index (χ3n) is 8.01. The lowest BCUT2D eigenvalue weighted by molar-refractivity contribution is -0.121. The maximum Gasteiger partial charge on any atom is 0.335 e. The van der Waals surface area contributed by atoms with Crippen LogP contribution in [0.25, 0.3) is 5.69 Å². The minimum atomic E-state index is -1.09. The van der Waals surface area contributed by atoms with E-state index in [0.717, 1.165) is 28.9 Å². The van der Waals surface area contributed by atoms with Gasteiger partial charge in [-0.15, -0.1) is 5.10 Å². The van der Waals surface area contributed by atoms with Crippen LogP contribution in [-0.2, 0) is 16.0 Å². The molecule has 0 radical (unpaired) electrons. The van der Waals surface area contributed by atoms with Gasteiger partial charge in [0.05, 0.1) is 22.9 Å². The monoisotopic (exact) mass is 618 g/mol. The standard InChI is InChI=1S/C31H28ClFN6O5/c1-44-20-12-14-37(16-20)25-6-2-4-22-21(25)13-15-38(28(22)29(40)34-19-10-8-18(9-11-19)31(42)43)30(41)24-17-39(36-35-24)26-7-3-5-23(32)27(26)33/h2-11,17,20,28H,12-16H2,1H3,(H,34,40)(H,42,43). The van der Waals surface area contributed by atoms with E-state index in [1.54, 1.807) is 13.2 Å². The lowest BCUT2D eigenvalue weighted by atomic mass is 9.89. The van der Waals surface area contributed by atoms with Crippen LogP contribution in [0.5, 0.6) is 0 Å². The summed E-state index contributed by atoms with van der Waals surface area (Å²) in [5.41, 5.74) is 3.01. The molecule has 0 saturated carbocycles. The number of rotatable bonds is 7. The maximum atomic E-state index is 14.7. The Balaban J connectivity index is 1.35. The van der Waals surface area contributed by atoms with Gasteiger partial charge in [0.25, 0.3) is 11.8 Å². The molecule has 1 aromatic heterocycles. The van der Waals surface area contributed by atoms with Crippen molar-refractivity contribution in [3.05, 3.63) is 100 Å². The number of nitrogens with zero attached hydrogens (tertiary/aromatic N) is 5. The van der Waals surface area contributed by atoms with E-state index in [1.807, 2.05) is 18.2 Å². The summed E-state index contributed by atoms with van der Waals surface area (Å²) in [6.45, 7) is 1.72. The van der Waals surface area contributed by atoms with Gasteiger partial charge in [-0.25, -0.2) is 13.9 Å². The van der Waals surface area contributed by atoms with Gasteiger partial charge in [0.1, 0.15) is 11.7 Å². The average molecular weight is 619 g/mol. The van der Waals surface area contributed by atoms with Crippen molar-refractivity contribution in [2.75, 3.05) is 37.0 Å². The Morgan fingerprint density at radius 1 is 1.05 bits per heavy atom. The smallest absolute Gasteiger partial charge is 0.335 e. The zero-order valence-corrected chi connectivity index (χ0v) is 24.4. The van der Waals surface area contributed by atoms with Gasteiger partial charge in [0, 0.05) is 38.1 Å². The van der Waals surface area contributed by atoms with Gasteiger partial charge in [-0.05, 0) is 66.4 Å². The lowest BCUT2D eigenvalue weighted by Crippen LogP contribution is -2.46. The van der Waals surface area contributed by atoms with Crippen molar-refractivity contribution in [2.45, 2.75) is 25.0 Å². The molecular weight excluding hydrogens is 591 g/mol. The average Bonchev–Trinajstić information content (AvgIpc) is 3.72. The molecule has 2 unspecified atom stereocenters. The molecule has 0 bridgehead atoms. The summed E-state index contributed by atoms with van der Waals surface area (Å²) in [6, 6.07) is 14.9. The quantitative estimate of drug-likeness (QED) is 0.313. The molecule has 2 amide bonds. The Kier molecular flexibility index (Phi) is 8.02. The molecular formula is C31H28ClFN6O5. The molecule has 1 saturated heterocycles. The Labute approximate surface area is 256 Å². The van der Waals surface area contributed by atoms with Gasteiger partial charge in [-0.2, -0.15) is 0 Å². The first-order valence-electron chi connectivity index (χ1n) is 14.0. The van der Waals surface area contributed by atoms with Crippen LogP contribution in [0.15, 0.2) is 66.9 Å². The first-order valence-corrected chi connectivity index (χ1v) is 14.3. The number of ether oxygens (including phenoxy) is 1. The van der Waals surface area contributed by atoms with E-state index < -0.39 is 29.6 Å². The number of aromatic carboxylic acids is 1. The van der Waals surface area contributed by atoms with Gasteiger partial charge in [0.2, 0.25) is 0 Å². The van der Waals surface area contributed by atoms with E-state index in [1.165, 1.54) is 47.5 Å².